The van der Waals surface area contributed by atoms with Gasteiger partial charge < -0.3 is 43.0 Å². The molecule has 2 saturated heterocycles. The van der Waals surface area contributed by atoms with Crippen LogP contribution >= 0.6 is 0 Å². The number of hydrogen-bond donors (Lipinski definition) is 2. The number of imidazole rings is 2. The molecule has 4 aromatic heterocycles. The maximum atomic E-state index is 11.3. The molecule has 2 aliphatic heterocycles. The van der Waals surface area contributed by atoms with Crippen LogP contribution in [0.3, 0.4) is 0 Å². The third-order valence-corrected chi connectivity index (χ3v) is 25.4. The Labute approximate surface area is 433 Å². The van der Waals surface area contributed by atoms with Crippen molar-refractivity contribution < 1.29 is 22.7 Å². The fourth-order valence-corrected chi connectivity index (χ4v) is 12.4. The molecule has 0 bridgehead atoms. The lowest BCUT2D eigenvalue weighted by atomic mass is 10.1. The van der Waals surface area contributed by atoms with E-state index in [0.29, 0.717) is 36.8 Å². The van der Waals surface area contributed by atoms with Crippen molar-refractivity contribution in [1.29, 1.82) is 0 Å². The second-order valence-electron chi connectivity index (χ2n) is 23.5. The van der Waals surface area contributed by atoms with Gasteiger partial charge in [0.15, 0.2) is 28.2 Å². The van der Waals surface area contributed by atoms with Gasteiger partial charge in [-0.1, -0.05) is 75.5 Å². The van der Waals surface area contributed by atoms with Crippen LogP contribution in [0.15, 0.2) is 94.5 Å². The zero-order chi connectivity index (χ0) is 52.0. The van der Waals surface area contributed by atoms with Crippen molar-refractivity contribution in [2.24, 2.45) is 41.2 Å². The summed E-state index contributed by atoms with van der Waals surface area (Å²) in [6, 6.07) is 19.9. The summed E-state index contributed by atoms with van der Waals surface area (Å²) < 4.78 is 28.6. The predicted octanol–water partition coefficient (Wildman–Crippen LogP) is 10.8. The van der Waals surface area contributed by atoms with E-state index in [9.17, 15) is 4.79 Å². The highest BCUT2D eigenvalue weighted by Gasteiger charge is 2.56. The summed E-state index contributed by atoms with van der Waals surface area (Å²) in [5.41, 5.74) is 11.0. The smallest absolute Gasteiger partial charge is 0.314 e. The van der Waals surface area contributed by atoms with Gasteiger partial charge in [-0.05, 0) is 135 Å². The summed E-state index contributed by atoms with van der Waals surface area (Å²) >= 11 is 0. The number of piperidine rings is 2. The van der Waals surface area contributed by atoms with Gasteiger partial charge in [0, 0.05) is 84.1 Å². The molecule has 3 N–H and O–H groups in total. The SMILES string of the molecule is C[C@H](O[Si](C)(C)C(C)(C)C)c1nccn1Cc1cc(-c2ccc(C#CC3[C@H]4CN(C(N)=O)C[C@@H]34)cc2)on1.C[C@H](O[Si](C)(C)C(C)(C)C)c1nccn1Cc1cc(-c2ccc(C#CC3[C@H]4CNC[C@@H]34)cc2)on1. The Morgan fingerprint density at radius 1 is 0.685 bits per heavy atom. The van der Waals surface area contributed by atoms with Gasteiger partial charge in [0.2, 0.25) is 0 Å². The molecule has 0 spiro atoms. The summed E-state index contributed by atoms with van der Waals surface area (Å²) in [5.74, 6) is 20.2. The van der Waals surface area contributed by atoms with E-state index in [1.165, 1.54) is 0 Å². The van der Waals surface area contributed by atoms with E-state index < -0.39 is 16.6 Å². The second kappa shape index (κ2) is 20.4. The zero-order valence-corrected chi connectivity index (χ0v) is 46.7. The first-order valence-electron chi connectivity index (χ1n) is 25.8. The predicted molar refractivity (Wildman–Crippen MR) is 289 cm³/mol. The van der Waals surface area contributed by atoms with E-state index in [1.54, 1.807) is 4.90 Å². The zero-order valence-electron chi connectivity index (χ0n) is 44.7. The van der Waals surface area contributed by atoms with Crippen LogP contribution in [0.4, 0.5) is 4.79 Å². The molecule has 2 saturated carbocycles. The molecule has 14 nitrogen and oxygen atoms in total. The lowest BCUT2D eigenvalue weighted by Crippen LogP contribution is -2.41. The van der Waals surface area contributed by atoms with Crippen molar-refractivity contribution in [3.63, 3.8) is 0 Å². The summed E-state index contributed by atoms with van der Waals surface area (Å²) in [6.45, 7) is 31.6. The van der Waals surface area contributed by atoms with Crippen LogP contribution in [0.2, 0.25) is 36.3 Å². The number of nitrogens with zero attached hydrogens (tertiary/aromatic N) is 7. The third kappa shape index (κ3) is 11.7. The highest BCUT2D eigenvalue weighted by molar-refractivity contribution is 6.74. The molecule has 384 valence electrons. The second-order valence-corrected chi connectivity index (χ2v) is 33.0. The molecular weight excluding hydrogens is 947 g/mol. The van der Waals surface area contributed by atoms with E-state index in [4.69, 9.17) is 23.6 Å². The number of primary amides is 1. The number of carbonyl (C=O) groups is 1. The van der Waals surface area contributed by atoms with Crippen LogP contribution in [0.1, 0.15) is 102 Å². The van der Waals surface area contributed by atoms with E-state index in [1.807, 2.05) is 61.2 Å². The Hall–Kier alpha value is -6.02. The van der Waals surface area contributed by atoms with Crippen LogP contribution < -0.4 is 11.1 Å². The third-order valence-electron chi connectivity index (χ3n) is 16.3. The maximum absolute atomic E-state index is 11.3. The van der Waals surface area contributed by atoms with Crippen LogP contribution in [0.25, 0.3) is 22.6 Å². The molecule has 8 atom stereocenters. The van der Waals surface area contributed by atoms with Gasteiger partial charge in [-0.25, -0.2) is 14.8 Å². The molecule has 2 amide bonds. The van der Waals surface area contributed by atoms with Crippen molar-refractivity contribution in [3.05, 3.63) is 120 Å². The summed E-state index contributed by atoms with van der Waals surface area (Å²) in [6.07, 6.45) is 7.38. The van der Waals surface area contributed by atoms with Gasteiger partial charge in [-0.3, -0.25) is 0 Å². The van der Waals surface area contributed by atoms with Gasteiger partial charge in [-0.2, -0.15) is 0 Å². The number of aromatic nitrogens is 6. The molecule has 6 heterocycles. The van der Waals surface area contributed by atoms with Crippen LogP contribution in [-0.2, 0) is 21.9 Å². The van der Waals surface area contributed by atoms with Crippen molar-refractivity contribution >= 4 is 22.7 Å². The average Bonchev–Trinajstić information content (AvgIpc) is 3.99. The van der Waals surface area contributed by atoms with Gasteiger partial charge in [0.25, 0.3) is 0 Å². The van der Waals surface area contributed by atoms with Gasteiger partial charge >= 0.3 is 6.03 Å². The fraction of sp³-hybridized carbons (Fsp3) is 0.491. The molecule has 2 unspecified atom stereocenters. The van der Waals surface area contributed by atoms with Crippen LogP contribution in [0, 0.1) is 59.2 Å². The largest absolute Gasteiger partial charge is 0.407 e. The molecule has 6 aromatic rings. The molecule has 73 heavy (non-hydrogen) atoms. The number of urea groups is 1. The first-order valence-corrected chi connectivity index (χ1v) is 31.6. The van der Waals surface area contributed by atoms with Crippen LogP contribution in [-0.4, -0.2) is 83.2 Å². The Kier molecular flexibility index (Phi) is 14.5. The molecule has 2 aliphatic carbocycles. The van der Waals surface area contributed by atoms with Crippen LogP contribution in [0.5, 0.6) is 0 Å². The van der Waals surface area contributed by atoms with Crippen molar-refractivity contribution in [2.75, 3.05) is 26.2 Å². The monoisotopic (exact) mass is 1020 g/mol. The minimum atomic E-state index is -1.92. The number of amides is 2. The number of likely N-dealkylation sites (tertiary alicyclic amines) is 1. The van der Waals surface area contributed by atoms with Gasteiger partial charge in [0.1, 0.15) is 35.2 Å². The highest BCUT2D eigenvalue weighted by atomic mass is 28.4. The number of carbonyl (C=O) groups excluding carboxylic acids is 1. The molecule has 4 fully saturated rings. The summed E-state index contributed by atoms with van der Waals surface area (Å²) in [5, 5.41) is 12.3. The Bertz CT molecular complexity index is 3000. The standard InChI is InChI=1S/C29H37N5O3Si.C28H36N4O2Si/c1-19(37-38(5,6)29(2,3)4)27-31-13-14-33(27)16-22-15-26(36-32-22)21-10-7-20(8-11-21)9-12-23-24-17-34(28(30)35)18-25(23)24;1-19(34-35(5,6)28(2,3)4)27-30-13-14-32(27)18-22-15-26(33-31-22)21-10-7-20(8-11-21)9-12-23-24-16-29-17-25(23)24/h7-8,10-11,13-15,19,23-25H,16-18H2,1-6H3,(H2,30,35);7-8,10-11,13-15,19,23-25,29H,16-18H2,1-6H3/t2*19-,23?,24-,25+/m00/s1. The average molecular weight is 1020 g/mol. The van der Waals surface area contributed by atoms with Crippen molar-refractivity contribution in [3.8, 4) is 46.3 Å². The highest BCUT2D eigenvalue weighted by Crippen LogP contribution is 2.51. The fourth-order valence-electron chi connectivity index (χ4n) is 9.68. The minimum absolute atomic E-state index is 0.0858. The first-order chi connectivity index (χ1) is 34.5. The molecule has 4 aliphatic rings. The summed E-state index contributed by atoms with van der Waals surface area (Å²) in [4.78, 5) is 22.2. The number of rotatable bonds is 12. The normalized spacial score (nSPS) is 21.9. The van der Waals surface area contributed by atoms with E-state index in [0.717, 1.165) is 94.8 Å². The molecule has 16 heteroatoms. The Morgan fingerprint density at radius 2 is 1.08 bits per heavy atom. The maximum Gasteiger partial charge on any atom is 0.314 e. The topological polar surface area (TPSA) is 165 Å². The van der Waals surface area contributed by atoms with Gasteiger partial charge in [-0.15, -0.1) is 0 Å². The number of nitrogens with two attached hydrogens (primary N) is 1. The lowest BCUT2D eigenvalue weighted by Gasteiger charge is -2.38. The molecular formula is C57H73N9O5Si2. The number of nitrogens with one attached hydrogen (secondary N) is 1. The Balaban J connectivity index is 0.000000180. The Morgan fingerprint density at radius 3 is 1.47 bits per heavy atom. The number of hydrogen-bond acceptors (Lipinski definition) is 10. The molecule has 2 aromatic carbocycles. The summed E-state index contributed by atoms with van der Waals surface area (Å²) in [7, 11) is -3.82. The number of fused-ring (bicyclic) bond motifs is 2. The van der Waals surface area contributed by atoms with Crippen molar-refractivity contribution in [1.82, 2.24) is 39.6 Å². The molecule has 10 rings (SSSR count). The van der Waals surface area contributed by atoms with E-state index >= 15 is 0 Å². The van der Waals surface area contributed by atoms with E-state index in [-0.39, 0.29) is 28.3 Å². The van der Waals surface area contributed by atoms with Crippen molar-refractivity contribution in [2.45, 2.75) is 117 Å². The lowest BCUT2D eigenvalue weighted by molar-refractivity contribution is 0.189. The number of benzene rings is 2. The molecule has 0 radical (unpaired) electrons. The minimum Gasteiger partial charge on any atom is -0.407 e. The van der Waals surface area contributed by atoms with E-state index in [2.05, 4.69) is 164 Å². The van der Waals surface area contributed by atoms with Gasteiger partial charge in [0.05, 0.1) is 13.1 Å². The first kappa shape index (κ1) is 51.9. The quantitative estimate of drug-likeness (QED) is 0.0890.